The summed E-state index contributed by atoms with van der Waals surface area (Å²) in [4.78, 5) is 9.02. The van der Waals surface area contributed by atoms with Gasteiger partial charge in [0.2, 0.25) is 0 Å². The van der Waals surface area contributed by atoms with Gasteiger partial charge in [-0.3, -0.25) is 4.99 Å². The number of hydrogen-bond acceptors (Lipinski definition) is 4. The van der Waals surface area contributed by atoms with Gasteiger partial charge >= 0.3 is 0 Å². The smallest absolute Gasteiger partial charge is 0.194 e. The lowest BCUT2D eigenvalue weighted by Gasteiger charge is -2.37. The van der Waals surface area contributed by atoms with E-state index in [9.17, 15) is 0 Å². The molecule has 26 heavy (non-hydrogen) atoms. The summed E-state index contributed by atoms with van der Waals surface area (Å²) in [6.07, 6.45) is 0. The predicted molar refractivity (Wildman–Crippen MR) is 106 cm³/mol. The molecule has 7 heteroatoms. The standard InChI is InChI=1S/C19H26ClN5O/c1-14(2)18-12-17(26-23-18)13-22-19(21-3)25-9-7-24(8-10-25)16-6-4-5-15(20)11-16/h4-6,11-12,14H,7-10,13H2,1-3H3,(H,21,22). The van der Waals surface area contributed by atoms with Crippen LogP contribution in [0, 0.1) is 0 Å². The molecule has 2 aromatic rings. The van der Waals surface area contributed by atoms with Crippen molar-refractivity contribution in [2.75, 3.05) is 38.1 Å². The van der Waals surface area contributed by atoms with Crippen molar-refractivity contribution in [1.29, 1.82) is 0 Å². The second kappa shape index (κ2) is 8.45. The van der Waals surface area contributed by atoms with Crippen LogP contribution in [-0.2, 0) is 6.54 Å². The molecule has 140 valence electrons. The van der Waals surface area contributed by atoms with E-state index in [1.165, 1.54) is 5.69 Å². The fourth-order valence-electron chi connectivity index (χ4n) is 3.03. The maximum atomic E-state index is 6.11. The molecule has 0 atom stereocenters. The Labute approximate surface area is 159 Å². The minimum atomic E-state index is 0.367. The maximum Gasteiger partial charge on any atom is 0.194 e. The maximum absolute atomic E-state index is 6.11. The molecule has 6 nitrogen and oxygen atoms in total. The summed E-state index contributed by atoms with van der Waals surface area (Å²) in [6.45, 7) is 8.46. The molecular weight excluding hydrogens is 350 g/mol. The number of aromatic nitrogens is 1. The zero-order valence-electron chi connectivity index (χ0n) is 15.6. The first-order valence-corrected chi connectivity index (χ1v) is 9.36. The van der Waals surface area contributed by atoms with Crippen molar-refractivity contribution in [2.45, 2.75) is 26.3 Å². The highest BCUT2D eigenvalue weighted by Gasteiger charge is 2.20. The van der Waals surface area contributed by atoms with E-state index in [0.717, 1.165) is 48.6 Å². The van der Waals surface area contributed by atoms with Crippen LogP contribution >= 0.6 is 11.6 Å². The molecule has 1 aromatic heterocycles. The Morgan fingerprint density at radius 2 is 2.04 bits per heavy atom. The monoisotopic (exact) mass is 375 g/mol. The highest BCUT2D eigenvalue weighted by atomic mass is 35.5. The number of guanidine groups is 1. The first-order chi connectivity index (χ1) is 12.6. The Morgan fingerprint density at radius 1 is 1.27 bits per heavy atom. The Balaban J connectivity index is 1.53. The Hall–Kier alpha value is -2.21. The van der Waals surface area contributed by atoms with E-state index in [1.807, 2.05) is 31.3 Å². The number of piperazine rings is 1. The van der Waals surface area contributed by atoms with Crippen LogP contribution in [0.15, 0.2) is 39.8 Å². The van der Waals surface area contributed by atoms with Crippen LogP contribution in [-0.4, -0.2) is 49.2 Å². The van der Waals surface area contributed by atoms with Crippen LogP contribution < -0.4 is 10.2 Å². The lowest BCUT2D eigenvalue weighted by atomic mass is 10.1. The third kappa shape index (κ3) is 4.49. The van der Waals surface area contributed by atoms with Gasteiger partial charge in [0, 0.05) is 50.0 Å². The van der Waals surface area contributed by atoms with Crippen molar-refractivity contribution >= 4 is 23.2 Å². The minimum absolute atomic E-state index is 0.367. The van der Waals surface area contributed by atoms with Crippen LogP contribution in [0.1, 0.15) is 31.2 Å². The third-order valence-corrected chi connectivity index (χ3v) is 4.79. The molecule has 0 saturated carbocycles. The Morgan fingerprint density at radius 3 is 2.65 bits per heavy atom. The largest absolute Gasteiger partial charge is 0.368 e. The highest BCUT2D eigenvalue weighted by molar-refractivity contribution is 6.30. The SMILES string of the molecule is CN=C(NCc1cc(C(C)C)no1)N1CCN(c2cccc(Cl)c2)CC1. The molecule has 0 aliphatic carbocycles. The van der Waals surface area contributed by atoms with E-state index in [-0.39, 0.29) is 0 Å². The third-order valence-electron chi connectivity index (χ3n) is 4.55. The quantitative estimate of drug-likeness (QED) is 0.656. The van der Waals surface area contributed by atoms with Gasteiger partial charge in [0.25, 0.3) is 0 Å². The highest BCUT2D eigenvalue weighted by Crippen LogP contribution is 2.21. The Bertz CT molecular complexity index is 750. The van der Waals surface area contributed by atoms with Gasteiger partial charge in [0.1, 0.15) is 0 Å². The van der Waals surface area contributed by atoms with Crippen LogP contribution in [0.2, 0.25) is 5.02 Å². The topological polar surface area (TPSA) is 56.9 Å². The molecule has 1 saturated heterocycles. The fourth-order valence-corrected chi connectivity index (χ4v) is 3.22. The Kier molecular flexibility index (Phi) is 6.04. The number of benzene rings is 1. The molecule has 1 aromatic carbocycles. The summed E-state index contributed by atoms with van der Waals surface area (Å²) in [6, 6.07) is 10.0. The van der Waals surface area contributed by atoms with Gasteiger partial charge in [-0.05, 0) is 24.1 Å². The van der Waals surface area contributed by atoms with E-state index >= 15 is 0 Å². The molecule has 1 aliphatic rings. The minimum Gasteiger partial charge on any atom is -0.368 e. The number of hydrogen-bond donors (Lipinski definition) is 1. The van der Waals surface area contributed by atoms with Gasteiger partial charge in [0.05, 0.1) is 12.2 Å². The van der Waals surface area contributed by atoms with E-state index in [1.54, 1.807) is 0 Å². The summed E-state index contributed by atoms with van der Waals surface area (Å²) < 4.78 is 5.39. The number of rotatable bonds is 4. The zero-order chi connectivity index (χ0) is 18.5. The summed E-state index contributed by atoms with van der Waals surface area (Å²) in [5, 5.41) is 8.24. The van der Waals surface area contributed by atoms with Gasteiger partial charge in [0.15, 0.2) is 11.7 Å². The molecule has 0 spiro atoms. The van der Waals surface area contributed by atoms with E-state index < -0.39 is 0 Å². The molecule has 0 unspecified atom stereocenters. The summed E-state index contributed by atoms with van der Waals surface area (Å²) in [7, 11) is 1.81. The lowest BCUT2D eigenvalue weighted by Crippen LogP contribution is -2.52. The predicted octanol–water partition coefficient (Wildman–Crippen LogP) is 3.35. The van der Waals surface area contributed by atoms with Gasteiger partial charge < -0.3 is 19.6 Å². The zero-order valence-corrected chi connectivity index (χ0v) is 16.3. The summed E-state index contributed by atoms with van der Waals surface area (Å²) in [5.41, 5.74) is 2.15. The van der Waals surface area contributed by atoms with Crippen LogP contribution in [0.4, 0.5) is 5.69 Å². The van der Waals surface area contributed by atoms with Crippen molar-refractivity contribution in [3.05, 3.63) is 46.8 Å². The van der Waals surface area contributed by atoms with Crippen LogP contribution in [0.5, 0.6) is 0 Å². The number of aliphatic imine (C=N–C) groups is 1. The van der Waals surface area contributed by atoms with Crippen molar-refractivity contribution in [1.82, 2.24) is 15.4 Å². The number of nitrogens with one attached hydrogen (secondary N) is 1. The van der Waals surface area contributed by atoms with E-state index in [4.69, 9.17) is 16.1 Å². The normalized spacial score (nSPS) is 15.7. The molecule has 3 rings (SSSR count). The fraction of sp³-hybridized carbons (Fsp3) is 0.474. The van der Waals surface area contributed by atoms with Gasteiger partial charge in [-0.1, -0.05) is 36.7 Å². The first kappa shape index (κ1) is 18.6. The molecule has 2 heterocycles. The average molecular weight is 376 g/mol. The molecule has 0 bridgehead atoms. The lowest BCUT2D eigenvalue weighted by molar-refractivity contribution is 0.355. The van der Waals surface area contributed by atoms with E-state index in [2.05, 4.69) is 45.2 Å². The summed E-state index contributed by atoms with van der Waals surface area (Å²) in [5.74, 6) is 2.08. The average Bonchev–Trinajstić information content (AvgIpc) is 3.12. The molecule has 1 N–H and O–H groups in total. The summed E-state index contributed by atoms with van der Waals surface area (Å²) >= 11 is 6.11. The first-order valence-electron chi connectivity index (χ1n) is 8.98. The second-order valence-electron chi connectivity index (χ2n) is 6.73. The number of anilines is 1. The van der Waals surface area contributed by atoms with Gasteiger partial charge in [-0.2, -0.15) is 0 Å². The molecule has 1 aliphatic heterocycles. The number of nitrogens with zero attached hydrogens (tertiary/aromatic N) is 4. The molecule has 0 radical (unpaired) electrons. The van der Waals surface area contributed by atoms with Gasteiger partial charge in [-0.15, -0.1) is 0 Å². The van der Waals surface area contributed by atoms with Crippen molar-refractivity contribution in [3.63, 3.8) is 0 Å². The van der Waals surface area contributed by atoms with Crippen molar-refractivity contribution < 1.29 is 4.52 Å². The second-order valence-corrected chi connectivity index (χ2v) is 7.16. The van der Waals surface area contributed by atoms with Crippen LogP contribution in [0.3, 0.4) is 0 Å². The van der Waals surface area contributed by atoms with Crippen molar-refractivity contribution in [3.8, 4) is 0 Å². The van der Waals surface area contributed by atoms with Crippen molar-refractivity contribution in [2.24, 2.45) is 4.99 Å². The van der Waals surface area contributed by atoms with Crippen LogP contribution in [0.25, 0.3) is 0 Å². The molecular formula is C19H26ClN5O. The van der Waals surface area contributed by atoms with E-state index in [0.29, 0.717) is 12.5 Å². The molecule has 0 amide bonds. The van der Waals surface area contributed by atoms with Gasteiger partial charge in [-0.25, -0.2) is 0 Å². The molecule has 1 fully saturated rings. The number of halogens is 1.